The van der Waals surface area contributed by atoms with Gasteiger partial charge in [0.05, 0.1) is 11.0 Å². The summed E-state index contributed by atoms with van der Waals surface area (Å²) in [6, 6.07) is 5.99. The van der Waals surface area contributed by atoms with Gasteiger partial charge < -0.3 is 5.32 Å². The normalized spacial score (nSPS) is 11.9. The van der Waals surface area contributed by atoms with Gasteiger partial charge in [0.25, 0.3) is 5.69 Å². The quantitative estimate of drug-likeness (QED) is 0.608. The number of hydrogen-bond donors (Lipinski definition) is 1. The molecule has 1 rings (SSSR count). The molecule has 1 atom stereocenters. The van der Waals surface area contributed by atoms with Gasteiger partial charge >= 0.3 is 0 Å². The van der Waals surface area contributed by atoms with Gasteiger partial charge in [-0.05, 0) is 12.5 Å². The van der Waals surface area contributed by atoms with Gasteiger partial charge in [0, 0.05) is 19.1 Å². The standard InChI is InChI=1S/C10H12N2O3/c1-7(11-8(2)13)9-3-5-10(6-4-9)12(14)15/h3-7H,1-2H3,(H,11,13)/t7-/m1/s1. The summed E-state index contributed by atoms with van der Waals surface area (Å²) < 4.78 is 0. The number of amides is 1. The van der Waals surface area contributed by atoms with Crippen LogP contribution < -0.4 is 5.32 Å². The predicted octanol–water partition coefficient (Wildman–Crippen LogP) is 1.79. The van der Waals surface area contributed by atoms with E-state index in [-0.39, 0.29) is 17.6 Å². The lowest BCUT2D eigenvalue weighted by Crippen LogP contribution is -2.23. The zero-order valence-electron chi connectivity index (χ0n) is 8.56. The fraction of sp³-hybridized carbons (Fsp3) is 0.300. The Labute approximate surface area is 87.3 Å². The molecule has 0 aromatic heterocycles. The van der Waals surface area contributed by atoms with Gasteiger partial charge in [-0.15, -0.1) is 0 Å². The molecule has 0 saturated heterocycles. The number of nitro benzene ring substituents is 1. The van der Waals surface area contributed by atoms with Crippen LogP contribution in [0.25, 0.3) is 0 Å². The third-order valence-corrected chi connectivity index (χ3v) is 2.02. The monoisotopic (exact) mass is 208 g/mol. The maximum Gasteiger partial charge on any atom is 0.269 e. The van der Waals surface area contributed by atoms with Crippen molar-refractivity contribution in [1.82, 2.24) is 5.32 Å². The number of carbonyl (C=O) groups is 1. The Morgan fingerprint density at radius 1 is 1.40 bits per heavy atom. The first-order valence-electron chi connectivity index (χ1n) is 4.52. The van der Waals surface area contributed by atoms with Crippen molar-refractivity contribution in [2.75, 3.05) is 0 Å². The Morgan fingerprint density at radius 2 is 1.93 bits per heavy atom. The van der Waals surface area contributed by atoms with E-state index in [1.165, 1.54) is 19.1 Å². The highest BCUT2D eigenvalue weighted by Gasteiger charge is 2.09. The molecule has 5 nitrogen and oxygen atoms in total. The summed E-state index contributed by atoms with van der Waals surface area (Å²) in [5.74, 6) is -0.124. The molecule has 0 aliphatic heterocycles. The van der Waals surface area contributed by atoms with Crippen molar-refractivity contribution < 1.29 is 9.72 Å². The summed E-state index contributed by atoms with van der Waals surface area (Å²) in [6.45, 7) is 3.25. The van der Waals surface area contributed by atoms with Crippen LogP contribution in [0.5, 0.6) is 0 Å². The number of non-ortho nitro benzene ring substituents is 1. The van der Waals surface area contributed by atoms with E-state index in [4.69, 9.17) is 0 Å². The summed E-state index contributed by atoms with van der Waals surface area (Å²) in [5.41, 5.74) is 0.893. The molecule has 0 radical (unpaired) electrons. The fourth-order valence-electron chi connectivity index (χ4n) is 1.27. The first-order chi connectivity index (χ1) is 7.00. The van der Waals surface area contributed by atoms with Gasteiger partial charge in [-0.1, -0.05) is 12.1 Å². The molecular weight excluding hydrogens is 196 g/mol. The first kappa shape index (κ1) is 11.2. The number of hydrogen-bond acceptors (Lipinski definition) is 3. The van der Waals surface area contributed by atoms with Crippen LogP contribution in [0.3, 0.4) is 0 Å². The highest BCUT2D eigenvalue weighted by atomic mass is 16.6. The number of nitro groups is 1. The molecule has 0 heterocycles. The molecule has 0 bridgehead atoms. The summed E-state index contributed by atoms with van der Waals surface area (Å²) in [6.07, 6.45) is 0. The van der Waals surface area contributed by atoms with Crippen molar-refractivity contribution in [2.45, 2.75) is 19.9 Å². The lowest BCUT2D eigenvalue weighted by atomic mass is 10.1. The van der Waals surface area contributed by atoms with E-state index in [0.717, 1.165) is 5.56 Å². The Kier molecular flexibility index (Phi) is 3.38. The number of benzene rings is 1. The van der Waals surface area contributed by atoms with E-state index in [0.29, 0.717) is 0 Å². The van der Waals surface area contributed by atoms with Crippen LogP contribution in [0.1, 0.15) is 25.5 Å². The van der Waals surface area contributed by atoms with E-state index in [1.54, 1.807) is 12.1 Å². The van der Waals surface area contributed by atoms with Gasteiger partial charge in [-0.3, -0.25) is 14.9 Å². The molecule has 1 N–H and O–H groups in total. The van der Waals surface area contributed by atoms with Crippen molar-refractivity contribution >= 4 is 11.6 Å². The lowest BCUT2D eigenvalue weighted by molar-refractivity contribution is -0.384. The number of nitrogens with zero attached hydrogens (tertiary/aromatic N) is 1. The topological polar surface area (TPSA) is 72.2 Å². The van der Waals surface area contributed by atoms with Crippen LogP contribution in [0, 0.1) is 10.1 Å². The Morgan fingerprint density at radius 3 is 2.33 bits per heavy atom. The van der Waals surface area contributed by atoms with E-state index in [2.05, 4.69) is 5.32 Å². The number of rotatable bonds is 3. The van der Waals surface area contributed by atoms with Crippen molar-refractivity contribution in [3.05, 3.63) is 39.9 Å². The highest BCUT2D eigenvalue weighted by Crippen LogP contribution is 2.17. The van der Waals surface area contributed by atoms with Crippen molar-refractivity contribution in [3.63, 3.8) is 0 Å². The SMILES string of the molecule is CC(=O)N[C@H](C)c1ccc([N+](=O)[O-])cc1. The summed E-state index contributed by atoms with van der Waals surface area (Å²) in [4.78, 5) is 20.7. The molecule has 1 aromatic carbocycles. The van der Waals surface area contributed by atoms with Crippen molar-refractivity contribution in [1.29, 1.82) is 0 Å². The van der Waals surface area contributed by atoms with Gasteiger partial charge in [-0.25, -0.2) is 0 Å². The lowest BCUT2D eigenvalue weighted by Gasteiger charge is -2.12. The highest BCUT2D eigenvalue weighted by molar-refractivity contribution is 5.73. The molecular formula is C10H12N2O3. The van der Waals surface area contributed by atoms with Crippen LogP contribution in [0.15, 0.2) is 24.3 Å². The zero-order chi connectivity index (χ0) is 11.4. The maximum atomic E-state index is 10.8. The molecule has 0 unspecified atom stereocenters. The molecule has 0 fully saturated rings. The zero-order valence-corrected chi connectivity index (χ0v) is 8.56. The van der Waals surface area contributed by atoms with E-state index < -0.39 is 4.92 Å². The average Bonchev–Trinajstić information content (AvgIpc) is 2.17. The van der Waals surface area contributed by atoms with Crippen molar-refractivity contribution in [3.8, 4) is 0 Å². The average molecular weight is 208 g/mol. The molecule has 80 valence electrons. The first-order valence-corrected chi connectivity index (χ1v) is 4.52. The van der Waals surface area contributed by atoms with Crippen molar-refractivity contribution in [2.24, 2.45) is 0 Å². The van der Waals surface area contributed by atoms with E-state index in [1.807, 2.05) is 6.92 Å². The largest absolute Gasteiger partial charge is 0.350 e. The van der Waals surface area contributed by atoms with Crippen LogP contribution in [0.4, 0.5) is 5.69 Å². The molecule has 5 heteroatoms. The van der Waals surface area contributed by atoms with Gasteiger partial charge in [0.15, 0.2) is 0 Å². The molecule has 0 aliphatic carbocycles. The van der Waals surface area contributed by atoms with Crippen LogP contribution in [-0.2, 0) is 4.79 Å². The molecule has 1 amide bonds. The third-order valence-electron chi connectivity index (χ3n) is 2.02. The van der Waals surface area contributed by atoms with E-state index >= 15 is 0 Å². The molecule has 0 spiro atoms. The van der Waals surface area contributed by atoms with E-state index in [9.17, 15) is 14.9 Å². The maximum absolute atomic E-state index is 10.8. The minimum atomic E-state index is -0.452. The second-order valence-electron chi connectivity index (χ2n) is 3.27. The Balaban J connectivity index is 2.79. The molecule has 1 aromatic rings. The summed E-state index contributed by atoms with van der Waals surface area (Å²) in [5, 5.41) is 13.1. The molecule has 15 heavy (non-hydrogen) atoms. The Bertz CT molecular complexity index is 373. The van der Waals surface area contributed by atoms with Gasteiger partial charge in [0.2, 0.25) is 5.91 Å². The fourth-order valence-corrected chi connectivity index (χ4v) is 1.27. The smallest absolute Gasteiger partial charge is 0.269 e. The van der Waals surface area contributed by atoms with Crippen LogP contribution in [-0.4, -0.2) is 10.8 Å². The minimum absolute atomic E-state index is 0.0498. The Hall–Kier alpha value is -1.91. The summed E-state index contributed by atoms with van der Waals surface area (Å²) in [7, 11) is 0. The van der Waals surface area contributed by atoms with Crippen LogP contribution in [0.2, 0.25) is 0 Å². The van der Waals surface area contributed by atoms with Gasteiger partial charge in [-0.2, -0.15) is 0 Å². The number of carbonyl (C=O) groups excluding carboxylic acids is 1. The summed E-state index contributed by atoms with van der Waals surface area (Å²) >= 11 is 0. The third kappa shape index (κ3) is 3.05. The minimum Gasteiger partial charge on any atom is -0.350 e. The second-order valence-corrected chi connectivity index (χ2v) is 3.27. The number of nitrogens with one attached hydrogen (secondary N) is 1. The second kappa shape index (κ2) is 4.54. The molecule has 0 aliphatic rings. The predicted molar refractivity (Wildman–Crippen MR) is 55.3 cm³/mol. The van der Waals surface area contributed by atoms with Crippen LogP contribution >= 0.6 is 0 Å². The molecule has 0 saturated carbocycles. The van der Waals surface area contributed by atoms with Gasteiger partial charge in [0.1, 0.15) is 0 Å².